The van der Waals surface area contributed by atoms with Gasteiger partial charge < -0.3 is 15.1 Å². The molecule has 6 nitrogen and oxygen atoms in total. The van der Waals surface area contributed by atoms with Gasteiger partial charge in [0.15, 0.2) is 5.96 Å². The van der Waals surface area contributed by atoms with Gasteiger partial charge in [-0.2, -0.15) is 0 Å². The van der Waals surface area contributed by atoms with E-state index in [1.54, 1.807) is 17.6 Å². The van der Waals surface area contributed by atoms with Crippen LogP contribution in [0.4, 0.5) is 0 Å². The smallest absolute Gasteiger partial charge is 0.191 e. The molecule has 2 N–H and O–H groups in total. The van der Waals surface area contributed by atoms with Crippen molar-refractivity contribution in [1.82, 2.24) is 20.5 Å². The Bertz CT molecular complexity index is 691. The number of aliphatic imine (C=N–C) groups is 1. The van der Waals surface area contributed by atoms with Crippen molar-refractivity contribution in [1.29, 1.82) is 0 Å². The Kier molecular flexibility index (Phi) is 7.71. The molecule has 2 aromatic heterocycles. The van der Waals surface area contributed by atoms with Crippen LogP contribution in [0.25, 0.3) is 0 Å². The Balaban J connectivity index is 1.60. The molecule has 3 heterocycles. The zero-order valence-corrected chi connectivity index (χ0v) is 17.2. The number of likely N-dealkylation sites (tertiary alicyclic amines) is 1. The molecular weight excluding hydrogens is 358 g/mol. The molecule has 0 radical (unpaired) electrons. The highest BCUT2D eigenvalue weighted by Crippen LogP contribution is 2.25. The summed E-state index contributed by atoms with van der Waals surface area (Å²) >= 11 is 1.70. The first-order valence-corrected chi connectivity index (χ1v) is 10.8. The lowest BCUT2D eigenvalue weighted by Gasteiger charge is -2.32. The Morgan fingerprint density at radius 3 is 2.85 bits per heavy atom. The number of rotatable bonds is 8. The minimum Gasteiger partial charge on any atom is -0.468 e. The van der Waals surface area contributed by atoms with Crippen molar-refractivity contribution in [3.63, 3.8) is 0 Å². The van der Waals surface area contributed by atoms with Gasteiger partial charge in [0.25, 0.3) is 0 Å². The molecule has 0 amide bonds. The van der Waals surface area contributed by atoms with Gasteiger partial charge in [0, 0.05) is 24.9 Å². The van der Waals surface area contributed by atoms with Crippen molar-refractivity contribution in [3.8, 4) is 0 Å². The molecule has 27 heavy (non-hydrogen) atoms. The summed E-state index contributed by atoms with van der Waals surface area (Å²) < 4.78 is 5.72. The van der Waals surface area contributed by atoms with E-state index in [1.165, 1.54) is 19.3 Å². The Hall–Kier alpha value is -1.86. The van der Waals surface area contributed by atoms with Gasteiger partial charge in [0.05, 0.1) is 29.6 Å². The minimum atomic E-state index is 0.206. The predicted octanol–water partition coefficient (Wildman–Crippen LogP) is 3.37. The number of furan rings is 1. The monoisotopic (exact) mass is 389 g/mol. The Labute approximate surface area is 166 Å². The van der Waals surface area contributed by atoms with E-state index in [-0.39, 0.29) is 6.04 Å². The van der Waals surface area contributed by atoms with Crippen molar-refractivity contribution < 1.29 is 4.42 Å². The first kappa shape index (κ1) is 19.9. The first-order valence-electron chi connectivity index (χ1n) is 9.97. The first-order chi connectivity index (χ1) is 13.3. The number of thiazole rings is 1. The summed E-state index contributed by atoms with van der Waals surface area (Å²) in [5.41, 5.74) is 1.14. The number of piperidine rings is 1. The summed E-state index contributed by atoms with van der Waals surface area (Å²) in [4.78, 5) is 11.9. The Morgan fingerprint density at radius 1 is 1.33 bits per heavy atom. The largest absolute Gasteiger partial charge is 0.468 e. The molecule has 1 saturated heterocycles. The average Bonchev–Trinajstić information content (AvgIpc) is 3.35. The molecular formula is C20H31N5OS. The van der Waals surface area contributed by atoms with Gasteiger partial charge in [-0.3, -0.25) is 9.89 Å². The third-order valence-corrected chi connectivity index (χ3v) is 5.63. The second-order valence-corrected chi connectivity index (χ2v) is 7.94. The van der Waals surface area contributed by atoms with Crippen LogP contribution in [0.3, 0.4) is 0 Å². The van der Waals surface area contributed by atoms with Crippen LogP contribution in [0.2, 0.25) is 0 Å². The van der Waals surface area contributed by atoms with Crippen LogP contribution in [-0.4, -0.2) is 48.6 Å². The number of hydrogen-bond acceptors (Lipinski definition) is 5. The SMILES string of the molecule is CCNC(=NCC(c1ccco1)N1CCCCC1)NCCc1csc(C)n1. The summed E-state index contributed by atoms with van der Waals surface area (Å²) in [6.45, 7) is 8.74. The van der Waals surface area contributed by atoms with Crippen LogP contribution < -0.4 is 10.6 Å². The van der Waals surface area contributed by atoms with Gasteiger partial charge in [-0.1, -0.05) is 6.42 Å². The highest BCUT2D eigenvalue weighted by Gasteiger charge is 2.24. The molecule has 0 bridgehead atoms. The molecule has 0 saturated carbocycles. The maximum Gasteiger partial charge on any atom is 0.191 e. The van der Waals surface area contributed by atoms with Crippen LogP contribution in [0, 0.1) is 6.92 Å². The van der Waals surface area contributed by atoms with Gasteiger partial charge in [0.1, 0.15) is 5.76 Å². The summed E-state index contributed by atoms with van der Waals surface area (Å²) in [5, 5.41) is 10.0. The second-order valence-electron chi connectivity index (χ2n) is 6.88. The van der Waals surface area contributed by atoms with Gasteiger partial charge in [-0.05, 0) is 51.9 Å². The summed E-state index contributed by atoms with van der Waals surface area (Å²) in [6.07, 6.45) is 6.50. The lowest BCUT2D eigenvalue weighted by Crippen LogP contribution is -2.40. The molecule has 0 aromatic carbocycles. The lowest BCUT2D eigenvalue weighted by molar-refractivity contribution is 0.150. The topological polar surface area (TPSA) is 65.7 Å². The number of aromatic nitrogens is 1. The predicted molar refractivity (Wildman–Crippen MR) is 111 cm³/mol. The number of nitrogens with zero attached hydrogens (tertiary/aromatic N) is 3. The van der Waals surface area contributed by atoms with E-state index in [2.05, 4.69) is 38.9 Å². The van der Waals surface area contributed by atoms with Crippen molar-refractivity contribution in [2.24, 2.45) is 4.99 Å². The number of guanidine groups is 1. The van der Waals surface area contributed by atoms with E-state index in [0.717, 1.165) is 55.0 Å². The highest BCUT2D eigenvalue weighted by molar-refractivity contribution is 7.09. The molecule has 3 rings (SSSR count). The van der Waals surface area contributed by atoms with E-state index in [4.69, 9.17) is 9.41 Å². The molecule has 0 spiro atoms. The van der Waals surface area contributed by atoms with Crippen molar-refractivity contribution in [2.45, 2.75) is 45.6 Å². The molecule has 148 valence electrons. The van der Waals surface area contributed by atoms with Gasteiger partial charge in [0.2, 0.25) is 0 Å². The highest BCUT2D eigenvalue weighted by atomic mass is 32.1. The standard InChI is InChI=1S/C20H31N5OS/c1-3-21-20(22-10-9-17-15-27-16(2)24-17)23-14-18(19-8-7-13-26-19)25-11-5-4-6-12-25/h7-8,13,15,18H,3-6,9-12,14H2,1-2H3,(H2,21,22,23). The molecule has 1 aliphatic heterocycles. The minimum absolute atomic E-state index is 0.206. The van der Waals surface area contributed by atoms with Crippen LogP contribution in [0.15, 0.2) is 33.2 Å². The Morgan fingerprint density at radius 2 is 2.19 bits per heavy atom. The molecule has 2 aromatic rings. The van der Waals surface area contributed by atoms with Crippen molar-refractivity contribution in [2.75, 3.05) is 32.7 Å². The molecule has 1 unspecified atom stereocenters. The van der Waals surface area contributed by atoms with E-state index < -0.39 is 0 Å². The molecule has 7 heteroatoms. The fourth-order valence-electron chi connectivity index (χ4n) is 3.45. The second kappa shape index (κ2) is 10.5. The van der Waals surface area contributed by atoms with Crippen LogP contribution in [-0.2, 0) is 6.42 Å². The average molecular weight is 390 g/mol. The van der Waals surface area contributed by atoms with Crippen molar-refractivity contribution >= 4 is 17.3 Å². The maximum atomic E-state index is 5.72. The van der Waals surface area contributed by atoms with Crippen LogP contribution in [0.5, 0.6) is 0 Å². The number of hydrogen-bond donors (Lipinski definition) is 2. The van der Waals surface area contributed by atoms with E-state index in [0.29, 0.717) is 6.54 Å². The van der Waals surface area contributed by atoms with Gasteiger partial charge >= 0.3 is 0 Å². The quantitative estimate of drug-likeness (QED) is 0.535. The van der Waals surface area contributed by atoms with E-state index in [9.17, 15) is 0 Å². The number of aryl methyl sites for hydroxylation is 1. The molecule has 1 fully saturated rings. The lowest BCUT2D eigenvalue weighted by atomic mass is 10.1. The zero-order valence-electron chi connectivity index (χ0n) is 16.4. The van der Waals surface area contributed by atoms with Crippen LogP contribution >= 0.6 is 11.3 Å². The molecule has 1 atom stereocenters. The van der Waals surface area contributed by atoms with Gasteiger partial charge in [-0.15, -0.1) is 11.3 Å². The van der Waals surface area contributed by atoms with Crippen molar-refractivity contribution in [3.05, 3.63) is 40.2 Å². The molecule has 0 aliphatic carbocycles. The van der Waals surface area contributed by atoms with Crippen LogP contribution in [0.1, 0.15) is 48.7 Å². The summed E-state index contributed by atoms with van der Waals surface area (Å²) in [5.74, 6) is 1.87. The zero-order chi connectivity index (χ0) is 18.9. The normalized spacial score (nSPS) is 17.0. The van der Waals surface area contributed by atoms with Gasteiger partial charge in [-0.25, -0.2) is 4.98 Å². The third-order valence-electron chi connectivity index (χ3n) is 4.81. The molecule has 1 aliphatic rings. The van der Waals surface area contributed by atoms with E-state index in [1.807, 2.05) is 13.0 Å². The maximum absolute atomic E-state index is 5.72. The van der Waals surface area contributed by atoms with E-state index >= 15 is 0 Å². The summed E-state index contributed by atoms with van der Waals surface area (Å²) in [7, 11) is 0. The number of nitrogens with one attached hydrogen (secondary N) is 2. The third kappa shape index (κ3) is 6.07. The fourth-order valence-corrected chi connectivity index (χ4v) is 4.09. The fraction of sp³-hybridized carbons (Fsp3) is 0.600. The summed E-state index contributed by atoms with van der Waals surface area (Å²) in [6, 6.07) is 4.24.